The largest absolute Gasteiger partial charge is 0.456 e. The number of esters is 1. The predicted octanol–water partition coefficient (Wildman–Crippen LogP) is 3.47. The summed E-state index contributed by atoms with van der Waals surface area (Å²) in [5, 5.41) is 11.9. The summed E-state index contributed by atoms with van der Waals surface area (Å²) in [6, 6.07) is 13.7. The van der Waals surface area contributed by atoms with E-state index in [0.717, 1.165) is 5.52 Å². The first kappa shape index (κ1) is 18.4. The molecule has 0 aliphatic rings. The number of hydrogen-bond donors (Lipinski definition) is 1. The molecule has 0 bridgehead atoms. The molecular weight excluding hydrogens is 370 g/mol. The molecule has 0 aliphatic carbocycles. The Hall–Kier alpha value is -3.37. The van der Waals surface area contributed by atoms with Crippen molar-refractivity contribution in [1.82, 2.24) is 4.98 Å². The normalized spacial score (nSPS) is 10.4. The number of oxazole rings is 1. The number of anilines is 1. The maximum absolute atomic E-state index is 11.9. The summed E-state index contributed by atoms with van der Waals surface area (Å²) in [4.78, 5) is 28.0. The Morgan fingerprint density at radius 2 is 2.07 bits per heavy atom. The Morgan fingerprint density at radius 1 is 1.26 bits per heavy atom. The van der Waals surface area contributed by atoms with Crippen LogP contribution >= 0.6 is 11.6 Å². The van der Waals surface area contributed by atoms with Crippen LogP contribution in [0.1, 0.15) is 17.9 Å². The van der Waals surface area contributed by atoms with Crippen molar-refractivity contribution < 1.29 is 18.7 Å². The van der Waals surface area contributed by atoms with E-state index in [4.69, 9.17) is 26.0 Å². The molecule has 0 atom stereocenters. The molecule has 1 aromatic heterocycles. The van der Waals surface area contributed by atoms with Gasteiger partial charge < -0.3 is 14.5 Å². The Labute approximate surface area is 159 Å². The minimum atomic E-state index is -0.566. The second kappa shape index (κ2) is 8.34. The number of benzene rings is 2. The maximum Gasteiger partial charge on any atom is 0.306 e. The highest BCUT2D eigenvalue weighted by Crippen LogP contribution is 2.20. The van der Waals surface area contributed by atoms with Gasteiger partial charge in [-0.15, -0.1) is 0 Å². The van der Waals surface area contributed by atoms with Gasteiger partial charge in [-0.25, -0.2) is 4.98 Å². The van der Waals surface area contributed by atoms with Crippen molar-refractivity contribution in [2.45, 2.75) is 12.8 Å². The maximum atomic E-state index is 11.9. The second-order valence-corrected chi connectivity index (χ2v) is 6.02. The van der Waals surface area contributed by atoms with Gasteiger partial charge in [0.25, 0.3) is 5.91 Å². The summed E-state index contributed by atoms with van der Waals surface area (Å²) in [7, 11) is 0. The van der Waals surface area contributed by atoms with E-state index in [9.17, 15) is 9.59 Å². The van der Waals surface area contributed by atoms with E-state index >= 15 is 0 Å². The number of nitrogens with one attached hydrogen (secondary N) is 1. The Morgan fingerprint density at radius 3 is 2.85 bits per heavy atom. The van der Waals surface area contributed by atoms with Crippen LogP contribution < -0.4 is 5.32 Å². The average molecular weight is 384 g/mol. The Bertz CT molecular complexity index is 1010. The second-order valence-electron chi connectivity index (χ2n) is 5.59. The highest BCUT2D eigenvalue weighted by Gasteiger charge is 2.12. The van der Waals surface area contributed by atoms with Crippen molar-refractivity contribution in [2.75, 3.05) is 11.9 Å². The highest BCUT2D eigenvalue weighted by atomic mass is 35.5. The van der Waals surface area contributed by atoms with Crippen LogP contribution in [-0.4, -0.2) is 23.5 Å². The number of carbonyl (C=O) groups is 2. The molecular formula is C19H14ClN3O4. The van der Waals surface area contributed by atoms with Gasteiger partial charge >= 0.3 is 5.97 Å². The van der Waals surface area contributed by atoms with Crippen LogP contribution in [0.4, 0.5) is 5.69 Å². The third-order valence-corrected chi connectivity index (χ3v) is 3.86. The third-order valence-electron chi connectivity index (χ3n) is 3.62. The molecule has 0 radical (unpaired) electrons. The Balaban J connectivity index is 1.48. The molecule has 27 heavy (non-hydrogen) atoms. The van der Waals surface area contributed by atoms with Crippen LogP contribution in [-0.2, 0) is 20.7 Å². The molecule has 0 fully saturated rings. The van der Waals surface area contributed by atoms with Crippen molar-refractivity contribution in [3.05, 3.63) is 58.9 Å². The van der Waals surface area contributed by atoms with Gasteiger partial charge in [0.15, 0.2) is 18.1 Å². The SMILES string of the molecule is N#Cc1ccc(Cl)cc1NC(=O)COC(=O)CCc1nc2ccccc2o1. The third kappa shape index (κ3) is 4.84. The lowest BCUT2D eigenvalue weighted by Crippen LogP contribution is -2.21. The Kier molecular flexibility index (Phi) is 5.69. The smallest absolute Gasteiger partial charge is 0.306 e. The van der Waals surface area contributed by atoms with E-state index in [-0.39, 0.29) is 24.1 Å². The molecule has 136 valence electrons. The fourth-order valence-corrected chi connectivity index (χ4v) is 2.53. The number of para-hydroxylation sites is 2. The molecule has 2 aromatic carbocycles. The van der Waals surface area contributed by atoms with Gasteiger partial charge in [-0.05, 0) is 30.3 Å². The minimum Gasteiger partial charge on any atom is -0.456 e. The first-order chi connectivity index (χ1) is 13.0. The van der Waals surface area contributed by atoms with E-state index < -0.39 is 18.5 Å². The predicted molar refractivity (Wildman–Crippen MR) is 98.1 cm³/mol. The zero-order valence-corrected chi connectivity index (χ0v) is 14.8. The van der Waals surface area contributed by atoms with Crippen molar-refractivity contribution in [3.63, 3.8) is 0 Å². The number of hydrogen-bond acceptors (Lipinski definition) is 6. The number of nitrogens with zero attached hydrogens (tertiary/aromatic N) is 2. The van der Waals surface area contributed by atoms with Crippen molar-refractivity contribution in [1.29, 1.82) is 5.26 Å². The van der Waals surface area contributed by atoms with Crippen molar-refractivity contribution in [3.8, 4) is 6.07 Å². The molecule has 3 rings (SSSR count). The molecule has 3 aromatic rings. The molecule has 8 heteroatoms. The average Bonchev–Trinajstić information content (AvgIpc) is 3.08. The van der Waals surface area contributed by atoms with E-state index in [1.165, 1.54) is 12.1 Å². The number of fused-ring (bicyclic) bond motifs is 1. The number of amides is 1. The lowest BCUT2D eigenvalue weighted by atomic mass is 10.2. The van der Waals surface area contributed by atoms with Gasteiger partial charge in [-0.1, -0.05) is 23.7 Å². The van der Waals surface area contributed by atoms with Crippen LogP contribution in [0.15, 0.2) is 46.9 Å². The van der Waals surface area contributed by atoms with Gasteiger partial charge in [0.1, 0.15) is 11.6 Å². The van der Waals surface area contributed by atoms with Gasteiger partial charge in [0.2, 0.25) is 0 Å². The molecule has 0 saturated heterocycles. The number of carbonyl (C=O) groups excluding carboxylic acids is 2. The summed E-state index contributed by atoms with van der Waals surface area (Å²) in [6.45, 7) is -0.468. The first-order valence-corrected chi connectivity index (χ1v) is 8.42. The van der Waals surface area contributed by atoms with Gasteiger partial charge in [-0.3, -0.25) is 9.59 Å². The lowest BCUT2D eigenvalue weighted by Gasteiger charge is -2.08. The monoisotopic (exact) mass is 383 g/mol. The number of aryl methyl sites for hydroxylation is 1. The summed E-state index contributed by atoms with van der Waals surface area (Å²) in [5.74, 6) is -0.696. The highest BCUT2D eigenvalue weighted by molar-refractivity contribution is 6.31. The van der Waals surface area contributed by atoms with Crippen molar-refractivity contribution in [2.24, 2.45) is 0 Å². The first-order valence-electron chi connectivity index (χ1n) is 8.05. The molecule has 1 N–H and O–H groups in total. The summed E-state index contributed by atoms with van der Waals surface area (Å²) in [6.07, 6.45) is 0.294. The van der Waals surface area contributed by atoms with E-state index in [2.05, 4.69) is 10.3 Å². The summed E-state index contributed by atoms with van der Waals surface area (Å²) in [5.41, 5.74) is 1.89. The number of rotatable bonds is 6. The summed E-state index contributed by atoms with van der Waals surface area (Å²) < 4.78 is 10.5. The summed E-state index contributed by atoms with van der Waals surface area (Å²) >= 11 is 5.85. The molecule has 0 spiro atoms. The number of nitriles is 1. The molecule has 0 saturated carbocycles. The number of ether oxygens (including phenoxy) is 1. The van der Waals surface area contributed by atoms with Crippen molar-refractivity contribution >= 4 is 40.3 Å². The van der Waals surface area contributed by atoms with E-state index in [1.807, 2.05) is 24.3 Å². The lowest BCUT2D eigenvalue weighted by molar-refractivity contribution is -0.147. The number of halogens is 1. The minimum absolute atomic E-state index is 0.0285. The van der Waals surface area contributed by atoms with Crippen LogP contribution in [0, 0.1) is 11.3 Å². The molecule has 0 unspecified atom stereocenters. The van der Waals surface area contributed by atoms with Crippen LogP contribution in [0.5, 0.6) is 0 Å². The van der Waals surface area contributed by atoms with Crippen LogP contribution in [0.2, 0.25) is 5.02 Å². The number of aromatic nitrogens is 1. The standard InChI is InChI=1S/C19H14ClN3O4/c20-13-6-5-12(10-21)15(9-13)22-17(24)11-26-19(25)8-7-18-23-14-3-1-2-4-16(14)27-18/h1-6,9H,7-8,11H2,(H,22,24). The van der Waals surface area contributed by atoms with Gasteiger partial charge in [-0.2, -0.15) is 5.26 Å². The zero-order valence-electron chi connectivity index (χ0n) is 14.1. The van der Waals surface area contributed by atoms with E-state index in [1.54, 1.807) is 12.1 Å². The molecule has 1 amide bonds. The molecule has 0 aliphatic heterocycles. The molecule has 1 heterocycles. The molecule has 7 nitrogen and oxygen atoms in total. The fourth-order valence-electron chi connectivity index (χ4n) is 2.36. The quantitative estimate of drug-likeness (QED) is 0.653. The van der Waals surface area contributed by atoms with E-state index in [0.29, 0.717) is 16.5 Å². The van der Waals surface area contributed by atoms with Crippen LogP contribution in [0.3, 0.4) is 0 Å². The fraction of sp³-hybridized carbons (Fsp3) is 0.158. The topological polar surface area (TPSA) is 105 Å². The van der Waals surface area contributed by atoms with Gasteiger partial charge in [0, 0.05) is 11.4 Å². The van der Waals surface area contributed by atoms with Gasteiger partial charge in [0.05, 0.1) is 17.7 Å². The zero-order chi connectivity index (χ0) is 19.2. The van der Waals surface area contributed by atoms with Crippen LogP contribution in [0.25, 0.3) is 11.1 Å².